The molecule has 1 saturated carbocycles. The van der Waals surface area contributed by atoms with Gasteiger partial charge in [0, 0.05) is 24.2 Å². The maximum Gasteiger partial charge on any atom is 0.222 e. The van der Waals surface area contributed by atoms with Crippen molar-refractivity contribution in [3.63, 3.8) is 0 Å². The Balaban J connectivity index is 1.55. The number of hydrogen-bond acceptors (Lipinski definition) is 8. The number of aliphatic hydroxyl groups is 1. The molecule has 1 aromatic carbocycles. The lowest BCUT2D eigenvalue weighted by atomic mass is 9.98. The number of hydrogen-bond donors (Lipinski definition) is 4. The van der Waals surface area contributed by atoms with Crippen LogP contribution in [-0.4, -0.2) is 50.7 Å². The zero-order valence-corrected chi connectivity index (χ0v) is 19.6. The Morgan fingerprint density at radius 2 is 2.06 bits per heavy atom. The van der Waals surface area contributed by atoms with Gasteiger partial charge in [-0.15, -0.1) is 0 Å². The predicted octanol–water partition coefficient (Wildman–Crippen LogP) is 3.07. The van der Waals surface area contributed by atoms with Gasteiger partial charge in [-0.25, -0.2) is 4.98 Å². The third-order valence-corrected chi connectivity index (χ3v) is 6.53. The molecule has 0 amide bonds. The van der Waals surface area contributed by atoms with Crippen LogP contribution in [0, 0.1) is 0 Å². The Bertz CT molecular complexity index is 1080. The first kappa shape index (κ1) is 23.3. The Morgan fingerprint density at radius 3 is 2.79 bits per heavy atom. The standard InChI is InChI=1S/C24H35N7O2/c1-3-4-11-26-22-21-19(29-23(25)30-22)14-28-31(21)15-18-8-7-17(12-20(18)33-2)13-27-24(16-32)9-5-6-10-24/h7-8,12,14,27,32H,3-6,9-11,13,15-16H2,1-2H3,(H3,25,26,29,30). The zero-order valence-electron chi connectivity index (χ0n) is 19.6. The maximum atomic E-state index is 9.86. The molecule has 2 aromatic heterocycles. The highest BCUT2D eigenvalue weighted by Crippen LogP contribution is 2.30. The van der Waals surface area contributed by atoms with Crippen molar-refractivity contribution in [2.45, 2.75) is 64.1 Å². The van der Waals surface area contributed by atoms with Gasteiger partial charge in [0.05, 0.1) is 26.5 Å². The highest BCUT2D eigenvalue weighted by Gasteiger charge is 2.32. The molecule has 0 atom stereocenters. The number of nitrogens with one attached hydrogen (secondary N) is 2. The van der Waals surface area contributed by atoms with Crippen molar-refractivity contribution in [1.29, 1.82) is 0 Å². The molecular weight excluding hydrogens is 418 g/mol. The molecule has 0 aliphatic heterocycles. The van der Waals surface area contributed by atoms with Crippen LogP contribution in [0.3, 0.4) is 0 Å². The molecule has 2 heterocycles. The second kappa shape index (κ2) is 10.4. The lowest BCUT2D eigenvalue weighted by Crippen LogP contribution is -2.45. The molecule has 0 saturated heterocycles. The van der Waals surface area contributed by atoms with E-state index in [1.807, 2.05) is 4.68 Å². The molecule has 9 heteroatoms. The molecule has 0 radical (unpaired) electrons. The third-order valence-electron chi connectivity index (χ3n) is 6.53. The van der Waals surface area contributed by atoms with E-state index in [4.69, 9.17) is 10.5 Å². The minimum Gasteiger partial charge on any atom is -0.496 e. The fourth-order valence-corrected chi connectivity index (χ4v) is 4.57. The molecular formula is C24H35N7O2. The summed E-state index contributed by atoms with van der Waals surface area (Å²) in [5.41, 5.74) is 9.44. The van der Waals surface area contributed by atoms with Gasteiger partial charge in [-0.1, -0.05) is 38.3 Å². The number of benzene rings is 1. The second-order valence-corrected chi connectivity index (χ2v) is 8.89. The zero-order chi connectivity index (χ0) is 23.3. The lowest BCUT2D eigenvalue weighted by molar-refractivity contribution is 0.163. The van der Waals surface area contributed by atoms with Gasteiger partial charge in [0.15, 0.2) is 5.82 Å². The van der Waals surface area contributed by atoms with Crippen LogP contribution in [0.5, 0.6) is 5.75 Å². The van der Waals surface area contributed by atoms with Crippen LogP contribution in [0.1, 0.15) is 56.6 Å². The number of methoxy groups -OCH3 is 1. The van der Waals surface area contributed by atoms with Gasteiger partial charge >= 0.3 is 0 Å². The molecule has 178 valence electrons. The Hall–Kier alpha value is -2.91. The van der Waals surface area contributed by atoms with E-state index >= 15 is 0 Å². The van der Waals surface area contributed by atoms with E-state index in [1.165, 1.54) is 0 Å². The van der Waals surface area contributed by atoms with E-state index in [9.17, 15) is 5.11 Å². The number of rotatable bonds is 11. The minimum absolute atomic E-state index is 0.150. The van der Waals surface area contributed by atoms with E-state index in [0.29, 0.717) is 24.4 Å². The van der Waals surface area contributed by atoms with Gasteiger partial charge in [-0.2, -0.15) is 10.1 Å². The third kappa shape index (κ3) is 5.20. The fraction of sp³-hybridized carbons (Fsp3) is 0.542. The van der Waals surface area contributed by atoms with Crippen LogP contribution < -0.4 is 21.1 Å². The molecule has 5 N–H and O–H groups in total. The molecule has 9 nitrogen and oxygen atoms in total. The van der Waals surface area contributed by atoms with Gasteiger partial charge in [0.1, 0.15) is 16.8 Å². The number of aliphatic hydroxyl groups excluding tert-OH is 1. The smallest absolute Gasteiger partial charge is 0.222 e. The molecule has 4 rings (SSSR count). The van der Waals surface area contributed by atoms with Crippen LogP contribution in [0.25, 0.3) is 11.0 Å². The largest absolute Gasteiger partial charge is 0.496 e. The topological polar surface area (TPSA) is 123 Å². The molecule has 1 aliphatic rings. The number of nitrogens with two attached hydrogens (primary N) is 1. The van der Waals surface area contributed by atoms with Crippen molar-refractivity contribution >= 4 is 22.8 Å². The summed E-state index contributed by atoms with van der Waals surface area (Å²) in [5, 5.41) is 21.4. The highest BCUT2D eigenvalue weighted by molar-refractivity contribution is 5.86. The summed E-state index contributed by atoms with van der Waals surface area (Å²) in [6.45, 7) is 4.36. The predicted molar refractivity (Wildman–Crippen MR) is 130 cm³/mol. The van der Waals surface area contributed by atoms with Crippen molar-refractivity contribution < 1.29 is 9.84 Å². The van der Waals surface area contributed by atoms with Crippen LogP contribution in [0.15, 0.2) is 24.4 Å². The quantitative estimate of drug-likeness (QED) is 0.327. The Labute approximate surface area is 194 Å². The number of anilines is 2. The molecule has 1 aliphatic carbocycles. The van der Waals surface area contributed by atoms with Crippen molar-refractivity contribution in [3.8, 4) is 5.75 Å². The first-order valence-corrected chi connectivity index (χ1v) is 11.8. The molecule has 0 bridgehead atoms. The van der Waals surface area contributed by atoms with Gasteiger partial charge in [-0.05, 0) is 30.9 Å². The van der Waals surface area contributed by atoms with Crippen LogP contribution in [-0.2, 0) is 13.1 Å². The first-order chi connectivity index (χ1) is 16.1. The second-order valence-electron chi connectivity index (χ2n) is 8.89. The van der Waals surface area contributed by atoms with E-state index < -0.39 is 0 Å². The summed E-state index contributed by atoms with van der Waals surface area (Å²) in [7, 11) is 1.69. The van der Waals surface area contributed by atoms with E-state index in [1.54, 1.807) is 13.3 Å². The number of nitrogens with zero attached hydrogens (tertiary/aromatic N) is 4. The van der Waals surface area contributed by atoms with Crippen molar-refractivity contribution in [3.05, 3.63) is 35.5 Å². The number of aromatic nitrogens is 4. The summed E-state index contributed by atoms with van der Waals surface area (Å²) in [5.74, 6) is 1.74. The minimum atomic E-state index is -0.150. The van der Waals surface area contributed by atoms with Crippen LogP contribution in [0.2, 0.25) is 0 Å². The number of unbranched alkanes of at least 4 members (excludes halogenated alkanes) is 1. The molecule has 0 spiro atoms. The first-order valence-electron chi connectivity index (χ1n) is 11.8. The van der Waals surface area contributed by atoms with Gasteiger partial charge < -0.3 is 26.2 Å². The average molecular weight is 454 g/mol. The number of fused-ring (bicyclic) bond motifs is 1. The van der Waals surface area contributed by atoms with Gasteiger partial charge in [0.2, 0.25) is 5.95 Å². The summed E-state index contributed by atoms with van der Waals surface area (Å²) in [6, 6.07) is 6.24. The molecule has 1 fully saturated rings. The van der Waals surface area contributed by atoms with E-state index in [-0.39, 0.29) is 18.1 Å². The monoisotopic (exact) mass is 453 g/mol. The Morgan fingerprint density at radius 1 is 1.24 bits per heavy atom. The lowest BCUT2D eigenvalue weighted by Gasteiger charge is -2.28. The number of ether oxygens (including phenoxy) is 1. The summed E-state index contributed by atoms with van der Waals surface area (Å²) >= 11 is 0. The SMILES string of the molecule is CCCCNc1nc(N)nc2cnn(Cc3ccc(CNC4(CO)CCCC4)cc3OC)c12. The average Bonchev–Trinajstić information content (AvgIpc) is 3.46. The summed E-state index contributed by atoms with van der Waals surface area (Å²) in [4.78, 5) is 8.76. The van der Waals surface area contributed by atoms with Gasteiger partial charge in [0.25, 0.3) is 0 Å². The summed E-state index contributed by atoms with van der Waals surface area (Å²) < 4.78 is 7.60. The normalized spacial score (nSPS) is 15.2. The van der Waals surface area contributed by atoms with Crippen LogP contribution >= 0.6 is 0 Å². The van der Waals surface area contributed by atoms with Crippen molar-refractivity contribution in [2.75, 3.05) is 31.3 Å². The molecule has 3 aromatic rings. The Kier molecular flexibility index (Phi) is 7.29. The summed E-state index contributed by atoms with van der Waals surface area (Å²) in [6.07, 6.45) is 8.22. The van der Waals surface area contributed by atoms with Gasteiger partial charge in [-0.3, -0.25) is 4.68 Å². The van der Waals surface area contributed by atoms with E-state index in [2.05, 4.69) is 50.8 Å². The highest BCUT2D eigenvalue weighted by atomic mass is 16.5. The fourth-order valence-electron chi connectivity index (χ4n) is 4.57. The molecule has 0 unspecified atom stereocenters. The number of nitrogen functional groups attached to an aromatic ring is 1. The van der Waals surface area contributed by atoms with Crippen molar-refractivity contribution in [2.24, 2.45) is 0 Å². The van der Waals surface area contributed by atoms with Crippen LogP contribution in [0.4, 0.5) is 11.8 Å². The maximum absolute atomic E-state index is 9.86. The van der Waals surface area contributed by atoms with E-state index in [0.717, 1.165) is 67.5 Å². The molecule has 33 heavy (non-hydrogen) atoms. The van der Waals surface area contributed by atoms with Crippen molar-refractivity contribution in [1.82, 2.24) is 25.1 Å².